The molecule has 6 nitrogen and oxygen atoms in total. The summed E-state index contributed by atoms with van der Waals surface area (Å²) in [6.07, 6.45) is -3.13. The van der Waals surface area contributed by atoms with Crippen LogP contribution in [0.1, 0.15) is 18.1 Å². The molecule has 156 valence electrons. The zero-order valence-electron chi connectivity index (χ0n) is 16.0. The smallest absolute Gasteiger partial charge is 0.324 e. The van der Waals surface area contributed by atoms with Gasteiger partial charge in [-0.25, -0.2) is 4.98 Å². The maximum atomic E-state index is 13.2. The second-order valence-electron chi connectivity index (χ2n) is 6.53. The van der Waals surface area contributed by atoms with Crippen LogP contribution in [0.5, 0.6) is 0 Å². The summed E-state index contributed by atoms with van der Waals surface area (Å²) in [5, 5.41) is 4.76. The molecule has 0 aliphatic carbocycles. The molecule has 2 amide bonds. The Morgan fingerprint density at radius 3 is 2.52 bits per heavy atom. The normalized spacial score (nSPS) is 12.6. The predicted octanol–water partition coefficient (Wildman–Crippen LogP) is 3.96. The minimum atomic E-state index is -4.68. The summed E-state index contributed by atoms with van der Waals surface area (Å²) >= 11 is 5.64. The third-order valence-corrected chi connectivity index (χ3v) is 4.40. The molecule has 2 N–H and O–H groups in total. The summed E-state index contributed by atoms with van der Waals surface area (Å²) in [6.45, 7) is 3.18. The number of aryl methyl sites for hydroxylation is 1. The number of amides is 2. The number of halogens is 4. The highest BCUT2D eigenvalue weighted by Crippen LogP contribution is 2.36. The van der Waals surface area contributed by atoms with E-state index in [0.717, 1.165) is 17.7 Å². The van der Waals surface area contributed by atoms with Crippen LogP contribution in [-0.2, 0) is 15.8 Å². The van der Waals surface area contributed by atoms with Crippen molar-refractivity contribution in [2.75, 3.05) is 24.2 Å². The van der Waals surface area contributed by atoms with E-state index in [1.165, 1.54) is 24.9 Å². The first-order chi connectivity index (χ1) is 13.5. The highest BCUT2D eigenvalue weighted by molar-refractivity contribution is 6.30. The van der Waals surface area contributed by atoms with E-state index >= 15 is 0 Å². The predicted molar refractivity (Wildman–Crippen MR) is 105 cm³/mol. The Morgan fingerprint density at radius 1 is 1.21 bits per heavy atom. The number of aromatic nitrogens is 1. The van der Waals surface area contributed by atoms with Crippen LogP contribution in [-0.4, -0.2) is 41.3 Å². The average molecular weight is 429 g/mol. The summed E-state index contributed by atoms with van der Waals surface area (Å²) in [5.74, 6) is -0.731. The molecule has 2 rings (SSSR count). The van der Waals surface area contributed by atoms with Gasteiger partial charge in [-0.15, -0.1) is 0 Å². The van der Waals surface area contributed by atoms with E-state index < -0.39 is 35.3 Å². The van der Waals surface area contributed by atoms with Crippen LogP contribution in [0.25, 0.3) is 0 Å². The number of alkyl halides is 3. The maximum absolute atomic E-state index is 13.2. The summed E-state index contributed by atoms with van der Waals surface area (Å²) in [4.78, 5) is 30.0. The van der Waals surface area contributed by atoms with Crippen molar-refractivity contribution in [3.63, 3.8) is 0 Å². The fraction of sp³-hybridized carbons (Fsp3) is 0.316. The first-order valence-corrected chi connectivity index (χ1v) is 8.95. The number of nitrogens with zero attached hydrogens (tertiary/aromatic N) is 2. The summed E-state index contributed by atoms with van der Waals surface area (Å²) in [6, 6.07) is 5.68. The van der Waals surface area contributed by atoms with Gasteiger partial charge in [0.05, 0.1) is 23.8 Å². The van der Waals surface area contributed by atoms with E-state index in [4.69, 9.17) is 11.6 Å². The third-order valence-electron chi connectivity index (χ3n) is 4.16. The molecule has 1 atom stereocenters. The van der Waals surface area contributed by atoms with Crippen LogP contribution in [0.15, 0.2) is 36.5 Å². The van der Waals surface area contributed by atoms with E-state index in [2.05, 4.69) is 15.6 Å². The molecule has 1 heterocycles. The summed E-state index contributed by atoms with van der Waals surface area (Å²) in [7, 11) is 1.51. The average Bonchev–Trinajstić information content (AvgIpc) is 2.61. The van der Waals surface area contributed by atoms with Gasteiger partial charge in [-0.3, -0.25) is 14.5 Å². The summed E-state index contributed by atoms with van der Waals surface area (Å²) < 4.78 is 39.5. The van der Waals surface area contributed by atoms with Gasteiger partial charge in [0.1, 0.15) is 5.82 Å². The number of rotatable bonds is 6. The number of hydrogen-bond acceptors (Lipinski definition) is 4. The third kappa shape index (κ3) is 6.43. The van der Waals surface area contributed by atoms with Gasteiger partial charge in [0.25, 0.3) is 0 Å². The standard InChI is InChI=1S/C19H20ClF3N4O2/c1-11-6-7-24-16(8-11)26-17(28)10-27(3)12(2)18(29)25-15-5-4-13(20)9-14(15)19(21,22)23/h4-9,12H,10H2,1-3H3,(H,25,29)(H,24,26,28). The lowest BCUT2D eigenvalue weighted by molar-refractivity contribution is -0.137. The highest BCUT2D eigenvalue weighted by Gasteiger charge is 2.34. The van der Waals surface area contributed by atoms with Crippen molar-refractivity contribution in [2.45, 2.75) is 26.1 Å². The van der Waals surface area contributed by atoms with Crippen molar-refractivity contribution in [2.24, 2.45) is 0 Å². The lowest BCUT2D eigenvalue weighted by Crippen LogP contribution is -2.43. The number of carbonyl (C=O) groups excluding carboxylic acids is 2. The van der Waals surface area contributed by atoms with E-state index in [1.807, 2.05) is 6.92 Å². The van der Waals surface area contributed by atoms with Gasteiger partial charge in [0.2, 0.25) is 11.8 Å². The molecule has 29 heavy (non-hydrogen) atoms. The monoisotopic (exact) mass is 428 g/mol. The van der Waals surface area contributed by atoms with Crippen LogP contribution < -0.4 is 10.6 Å². The second-order valence-corrected chi connectivity index (χ2v) is 6.97. The fourth-order valence-corrected chi connectivity index (χ4v) is 2.62. The molecule has 1 unspecified atom stereocenters. The largest absolute Gasteiger partial charge is 0.418 e. The van der Waals surface area contributed by atoms with Gasteiger partial charge in [0.15, 0.2) is 0 Å². The number of hydrogen-bond donors (Lipinski definition) is 2. The van der Waals surface area contributed by atoms with Crippen molar-refractivity contribution >= 4 is 34.9 Å². The lowest BCUT2D eigenvalue weighted by atomic mass is 10.1. The Labute approximate surface area is 171 Å². The maximum Gasteiger partial charge on any atom is 0.418 e. The van der Waals surface area contributed by atoms with E-state index in [9.17, 15) is 22.8 Å². The minimum absolute atomic E-state index is 0.0954. The van der Waals surface area contributed by atoms with Gasteiger partial charge < -0.3 is 10.6 Å². The molecular formula is C19H20ClF3N4O2. The lowest BCUT2D eigenvalue weighted by Gasteiger charge is -2.24. The highest BCUT2D eigenvalue weighted by atomic mass is 35.5. The fourth-order valence-electron chi connectivity index (χ4n) is 2.45. The van der Waals surface area contributed by atoms with Crippen LogP contribution >= 0.6 is 11.6 Å². The minimum Gasteiger partial charge on any atom is -0.324 e. The Bertz CT molecular complexity index is 905. The second kappa shape index (κ2) is 9.23. The molecule has 0 fully saturated rings. The van der Waals surface area contributed by atoms with Crippen molar-refractivity contribution in [1.82, 2.24) is 9.88 Å². The Morgan fingerprint density at radius 2 is 1.90 bits per heavy atom. The molecule has 0 radical (unpaired) electrons. The molecule has 0 aliphatic heterocycles. The molecule has 0 aliphatic rings. The quantitative estimate of drug-likeness (QED) is 0.730. The molecule has 1 aromatic carbocycles. The molecule has 10 heteroatoms. The first-order valence-electron chi connectivity index (χ1n) is 8.57. The van der Waals surface area contributed by atoms with E-state index in [-0.39, 0.29) is 11.6 Å². The number of pyridine rings is 1. The molecular weight excluding hydrogens is 409 g/mol. The molecule has 1 aromatic heterocycles. The van der Waals surface area contributed by atoms with Crippen LogP contribution in [0.2, 0.25) is 5.02 Å². The SMILES string of the molecule is Cc1ccnc(NC(=O)CN(C)C(C)C(=O)Nc2ccc(Cl)cc2C(F)(F)F)c1. The van der Waals surface area contributed by atoms with Crippen molar-refractivity contribution < 1.29 is 22.8 Å². The number of benzene rings is 1. The first kappa shape index (κ1) is 22.6. The van der Waals surface area contributed by atoms with Gasteiger partial charge in [0, 0.05) is 11.2 Å². The summed E-state index contributed by atoms with van der Waals surface area (Å²) in [5.41, 5.74) is -0.531. The number of carbonyl (C=O) groups is 2. The molecule has 0 spiro atoms. The molecule has 0 bridgehead atoms. The van der Waals surface area contributed by atoms with Crippen LogP contribution in [0.3, 0.4) is 0 Å². The van der Waals surface area contributed by atoms with E-state index in [1.54, 1.807) is 18.3 Å². The van der Waals surface area contributed by atoms with Gasteiger partial charge in [-0.1, -0.05) is 11.6 Å². The topological polar surface area (TPSA) is 74.3 Å². The van der Waals surface area contributed by atoms with Crippen LogP contribution in [0, 0.1) is 6.92 Å². The van der Waals surface area contributed by atoms with Gasteiger partial charge >= 0.3 is 6.18 Å². The zero-order chi connectivity index (χ0) is 21.8. The Hall–Kier alpha value is -2.65. The molecule has 2 aromatic rings. The van der Waals surface area contributed by atoms with Gasteiger partial charge in [-0.05, 0) is 56.8 Å². The number of nitrogens with one attached hydrogen (secondary N) is 2. The number of anilines is 2. The molecule has 0 saturated carbocycles. The van der Waals surface area contributed by atoms with Crippen molar-refractivity contribution in [3.05, 3.63) is 52.7 Å². The van der Waals surface area contributed by atoms with Crippen molar-refractivity contribution in [3.8, 4) is 0 Å². The van der Waals surface area contributed by atoms with Crippen molar-refractivity contribution in [1.29, 1.82) is 0 Å². The van der Waals surface area contributed by atoms with Gasteiger partial charge in [-0.2, -0.15) is 13.2 Å². The number of likely N-dealkylation sites (N-methyl/N-ethyl adjacent to an activating group) is 1. The zero-order valence-corrected chi connectivity index (χ0v) is 16.7. The Kier molecular flexibility index (Phi) is 7.21. The Balaban J connectivity index is 2.02. The van der Waals surface area contributed by atoms with E-state index in [0.29, 0.717) is 5.82 Å². The van der Waals surface area contributed by atoms with Crippen LogP contribution in [0.4, 0.5) is 24.7 Å². The molecule has 0 saturated heterocycles.